The van der Waals surface area contributed by atoms with Gasteiger partial charge < -0.3 is 19.7 Å². The van der Waals surface area contributed by atoms with Gasteiger partial charge in [0.1, 0.15) is 0 Å². The van der Waals surface area contributed by atoms with Crippen LogP contribution in [0.25, 0.3) is 0 Å². The van der Waals surface area contributed by atoms with Crippen LogP contribution >= 0.6 is 0 Å². The van der Waals surface area contributed by atoms with Crippen LogP contribution in [0.3, 0.4) is 0 Å². The van der Waals surface area contributed by atoms with Gasteiger partial charge in [0.15, 0.2) is 6.61 Å². The molecule has 1 heterocycles. The molecule has 2 aromatic rings. The van der Waals surface area contributed by atoms with E-state index < -0.39 is 5.97 Å². The highest BCUT2D eigenvalue weighted by atomic mass is 16.5. The number of ether oxygens (including phenoxy) is 2. The lowest BCUT2D eigenvalue weighted by Gasteiger charge is -2.26. The number of para-hydroxylation sites is 1. The standard InChI is InChI=1S/C21H22N2O5/c24-19(14-16-6-2-1-3-7-16)22-18-9-5-4-8-17(18)21(26)28-15-20(25)23-10-12-27-13-11-23/h1-9H,10-15H2,(H,22,24). The van der Waals surface area contributed by atoms with E-state index in [9.17, 15) is 14.4 Å². The van der Waals surface area contributed by atoms with E-state index in [1.165, 1.54) is 0 Å². The van der Waals surface area contributed by atoms with Crippen molar-refractivity contribution < 1.29 is 23.9 Å². The molecular formula is C21H22N2O5. The third kappa shape index (κ3) is 5.40. The molecule has 146 valence electrons. The maximum Gasteiger partial charge on any atom is 0.340 e. The molecule has 1 N–H and O–H groups in total. The first-order valence-corrected chi connectivity index (χ1v) is 9.09. The third-order valence-electron chi connectivity index (χ3n) is 4.32. The summed E-state index contributed by atoms with van der Waals surface area (Å²) in [5.41, 5.74) is 1.43. The van der Waals surface area contributed by atoms with Crippen molar-refractivity contribution in [3.05, 3.63) is 65.7 Å². The molecule has 7 heteroatoms. The molecule has 0 unspecified atom stereocenters. The Labute approximate surface area is 163 Å². The van der Waals surface area contributed by atoms with Crippen LogP contribution in [-0.4, -0.2) is 55.6 Å². The van der Waals surface area contributed by atoms with Crippen LogP contribution in [0.5, 0.6) is 0 Å². The molecule has 0 aromatic heterocycles. The van der Waals surface area contributed by atoms with E-state index >= 15 is 0 Å². The summed E-state index contributed by atoms with van der Waals surface area (Å²) < 4.78 is 10.4. The zero-order chi connectivity index (χ0) is 19.8. The second kappa shape index (κ2) is 9.66. The van der Waals surface area contributed by atoms with Gasteiger partial charge in [-0.25, -0.2) is 4.79 Å². The van der Waals surface area contributed by atoms with Gasteiger partial charge in [-0.15, -0.1) is 0 Å². The molecule has 0 aliphatic carbocycles. The van der Waals surface area contributed by atoms with Gasteiger partial charge in [0.2, 0.25) is 5.91 Å². The lowest BCUT2D eigenvalue weighted by atomic mass is 10.1. The zero-order valence-corrected chi connectivity index (χ0v) is 15.4. The number of benzene rings is 2. The highest BCUT2D eigenvalue weighted by molar-refractivity contribution is 6.02. The van der Waals surface area contributed by atoms with E-state index in [0.29, 0.717) is 32.0 Å². The summed E-state index contributed by atoms with van der Waals surface area (Å²) in [6.07, 6.45) is 0.194. The number of nitrogens with zero attached hydrogens (tertiary/aromatic N) is 1. The van der Waals surface area contributed by atoms with Crippen LogP contribution in [0.15, 0.2) is 54.6 Å². The predicted octanol–water partition coefficient (Wildman–Crippen LogP) is 1.88. The second-order valence-electron chi connectivity index (χ2n) is 6.33. The van der Waals surface area contributed by atoms with E-state index in [2.05, 4.69) is 5.32 Å². The first-order valence-electron chi connectivity index (χ1n) is 9.09. The molecule has 1 aliphatic rings. The average Bonchev–Trinajstić information content (AvgIpc) is 2.73. The lowest BCUT2D eigenvalue weighted by Crippen LogP contribution is -2.42. The first-order chi connectivity index (χ1) is 13.6. The molecule has 0 bridgehead atoms. The van der Waals surface area contributed by atoms with E-state index in [4.69, 9.17) is 9.47 Å². The summed E-state index contributed by atoms with van der Waals surface area (Å²) in [6, 6.07) is 15.9. The Hall–Kier alpha value is -3.19. The fourth-order valence-corrected chi connectivity index (χ4v) is 2.85. The molecule has 1 aliphatic heterocycles. The lowest BCUT2D eigenvalue weighted by molar-refractivity contribution is -0.138. The Kier molecular flexibility index (Phi) is 6.75. The normalized spacial score (nSPS) is 13.6. The minimum absolute atomic E-state index is 0.194. The number of morpholine rings is 1. The Morgan fingerprint density at radius 1 is 0.964 bits per heavy atom. The minimum atomic E-state index is -0.655. The summed E-state index contributed by atoms with van der Waals surface area (Å²) in [5.74, 6) is -1.16. The van der Waals surface area contributed by atoms with Crippen molar-refractivity contribution in [3.63, 3.8) is 0 Å². The molecule has 1 fully saturated rings. The van der Waals surface area contributed by atoms with Crippen LogP contribution in [-0.2, 0) is 25.5 Å². The maximum atomic E-state index is 12.4. The monoisotopic (exact) mass is 382 g/mol. The quantitative estimate of drug-likeness (QED) is 0.771. The van der Waals surface area contributed by atoms with Crippen molar-refractivity contribution in [1.82, 2.24) is 4.90 Å². The molecule has 0 atom stereocenters. The topological polar surface area (TPSA) is 84.9 Å². The van der Waals surface area contributed by atoms with Crippen molar-refractivity contribution >= 4 is 23.5 Å². The molecule has 28 heavy (non-hydrogen) atoms. The van der Waals surface area contributed by atoms with Crippen molar-refractivity contribution in [2.24, 2.45) is 0 Å². The smallest absolute Gasteiger partial charge is 0.340 e. The van der Waals surface area contributed by atoms with E-state index in [1.54, 1.807) is 29.2 Å². The van der Waals surface area contributed by atoms with Crippen LogP contribution in [0.4, 0.5) is 5.69 Å². The number of nitrogens with one attached hydrogen (secondary N) is 1. The fraction of sp³-hybridized carbons (Fsp3) is 0.286. The Bertz CT molecular complexity index is 832. The van der Waals surface area contributed by atoms with E-state index in [1.807, 2.05) is 30.3 Å². The van der Waals surface area contributed by atoms with E-state index in [-0.39, 0.29) is 30.4 Å². The largest absolute Gasteiger partial charge is 0.452 e. The molecule has 0 spiro atoms. The molecule has 7 nitrogen and oxygen atoms in total. The van der Waals surface area contributed by atoms with Crippen LogP contribution < -0.4 is 5.32 Å². The molecule has 2 amide bonds. The number of anilines is 1. The Balaban J connectivity index is 1.58. The number of hydrogen-bond donors (Lipinski definition) is 1. The van der Waals surface area contributed by atoms with E-state index in [0.717, 1.165) is 5.56 Å². The van der Waals surface area contributed by atoms with Crippen LogP contribution in [0.1, 0.15) is 15.9 Å². The van der Waals surface area contributed by atoms with Crippen LogP contribution in [0.2, 0.25) is 0 Å². The van der Waals surface area contributed by atoms with Gasteiger partial charge in [-0.1, -0.05) is 42.5 Å². The van der Waals surface area contributed by atoms with Gasteiger partial charge >= 0.3 is 5.97 Å². The molecule has 3 rings (SSSR count). The Morgan fingerprint density at radius 2 is 1.64 bits per heavy atom. The summed E-state index contributed by atoms with van der Waals surface area (Å²) in [4.78, 5) is 38.4. The zero-order valence-electron chi connectivity index (χ0n) is 15.4. The number of esters is 1. The van der Waals surface area contributed by atoms with Gasteiger partial charge in [-0.2, -0.15) is 0 Å². The van der Waals surface area contributed by atoms with Gasteiger partial charge in [0, 0.05) is 13.1 Å². The van der Waals surface area contributed by atoms with Gasteiger partial charge in [-0.3, -0.25) is 9.59 Å². The molecular weight excluding hydrogens is 360 g/mol. The van der Waals surface area contributed by atoms with Gasteiger partial charge in [0.05, 0.1) is 30.9 Å². The number of carbonyl (C=O) groups excluding carboxylic acids is 3. The van der Waals surface area contributed by atoms with Gasteiger partial charge in [0.25, 0.3) is 5.91 Å². The molecule has 0 saturated carbocycles. The summed E-state index contributed by atoms with van der Waals surface area (Å²) in [6.45, 7) is 1.60. The van der Waals surface area contributed by atoms with Crippen molar-refractivity contribution in [2.45, 2.75) is 6.42 Å². The molecule has 1 saturated heterocycles. The van der Waals surface area contributed by atoms with Crippen molar-refractivity contribution in [2.75, 3.05) is 38.2 Å². The highest BCUT2D eigenvalue weighted by Crippen LogP contribution is 2.17. The number of carbonyl (C=O) groups is 3. The Morgan fingerprint density at radius 3 is 2.39 bits per heavy atom. The second-order valence-corrected chi connectivity index (χ2v) is 6.33. The summed E-state index contributed by atoms with van der Waals surface area (Å²) in [5, 5.41) is 2.74. The van der Waals surface area contributed by atoms with Crippen molar-refractivity contribution in [3.8, 4) is 0 Å². The minimum Gasteiger partial charge on any atom is -0.452 e. The fourth-order valence-electron chi connectivity index (χ4n) is 2.85. The van der Waals surface area contributed by atoms with Crippen LogP contribution in [0, 0.1) is 0 Å². The molecule has 0 radical (unpaired) electrons. The SMILES string of the molecule is O=C(Cc1ccccc1)Nc1ccccc1C(=O)OCC(=O)N1CCOCC1. The van der Waals surface area contributed by atoms with Crippen molar-refractivity contribution in [1.29, 1.82) is 0 Å². The van der Waals surface area contributed by atoms with Gasteiger partial charge in [-0.05, 0) is 17.7 Å². The number of amides is 2. The first kappa shape index (κ1) is 19.6. The highest BCUT2D eigenvalue weighted by Gasteiger charge is 2.20. The summed E-state index contributed by atoms with van der Waals surface area (Å²) in [7, 11) is 0. The predicted molar refractivity (Wildman–Crippen MR) is 103 cm³/mol. The maximum absolute atomic E-state index is 12.4. The average molecular weight is 382 g/mol. The molecule has 2 aromatic carbocycles. The third-order valence-corrected chi connectivity index (χ3v) is 4.32. The summed E-state index contributed by atoms with van der Waals surface area (Å²) >= 11 is 0. The number of rotatable bonds is 6. The number of hydrogen-bond acceptors (Lipinski definition) is 5.